The van der Waals surface area contributed by atoms with Crippen LogP contribution in [0.3, 0.4) is 0 Å². The SMILES string of the molecule is CCNCCN(C)CCc1ccc(C)cc1C. The fourth-order valence-electron chi connectivity index (χ4n) is 2.00. The monoisotopic (exact) mass is 234 g/mol. The van der Waals surface area contributed by atoms with Gasteiger partial charge in [-0.15, -0.1) is 0 Å². The Labute approximate surface area is 106 Å². The molecule has 0 spiro atoms. The molecule has 0 atom stereocenters. The van der Waals surface area contributed by atoms with Crippen LogP contribution in [0.1, 0.15) is 23.6 Å². The van der Waals surface area contributed by atoms with Crippen molar-refractivity contribution in [1.82, 2.24) is 10.2 Å². The first-order valence-corrected chi connectivity index (χ1v) is 6.59. The van der Waals surface area contributed by atoms with Gasteiger partial charge in [-0.3, -0.25) is 0 Å². The summed E-state index contributed by atoms with van der Waals surface area (Å²) in [4.78, 5) is 2.39. The Bertz CT molecular complexity index is 334. The topological polar surface area (TPSA) is 15.3 Å². The summed E-state index contributed by atoms with van der Waals surface area (Å²) in [5, 5.41) is 3.35. The van der Waals surface area contributed by atoms with Crippen molar-refractivity contribution in [1.29, 1.82) is 0 Å². The second-order valence-electron chi connectivity index (χ2n) is 4.84. The van der Waals surface area contributed by atoms with E-state index < -0.39 is 0 Å². The second kappa shape index (κ2) is 7.46. The summed E-state index contributed by atoms with van der Waals surface area (Å²) in [6.45, 7) is 10.9. The molecule has 0 aliphatic carbocycles. The third-order valence-corrected chi connectivity index (χ3v) is 3.18. The van der Waals surface area contributed by atoms with Gasteiger partial charge < -0.3 is 10.2 Å². The van der Waals surface area contributed by atoms with Gasteiger partial charge in [0.05, 0.1) is 0 Å². The van der Waals surface area contributed by atoms with Crippen LogP contribution in [0.2, 0.25) is 0 Å². The number of rotatable bonds is 7. The van der Waals surface area contributed by atoms with E-state index in [2.05, 4.69) is 56.2 Å². The van der Waals surface area contributed by atoms with Gasteiger partial charge in [-0.25, -0.2) is 0 Å². The zero-order valence-corrected chi connectivity index (χ0v) is 11.7. The molecular weight excluding hydrogens is 208 g/mol. The van der Waals surface area contributed by atoms with Crippen LogP contribution in [0.5, 0.6) is 0 Å². The van der Waals surface area contributed by atoms with E-state index in [4.69, 9.17) is 0 Å². The average Bonchev–Trinajstić information content (AvgIpc) is 2.28. The first-order chi connectivity index (χ1) is 8.13. The summed E-state index contributed by atoms with van der Waals surface area (Å²) in [5.74, 6) is 0. The number of nitrogens with one attached hydrogen (secondary N) is 1. The highest BCUT2D eigenvalue weighted by atomic mass is 15.1. The molecule has 0 unspecified atom stereocenters. The summed E-state index contributed by atoms with van der Waals surface area (Å²) in [7, 11) is 2.20. The number of nitrogens with zero attached hydrogens (tertiary/aromatic N) is 1. The molecule has 1 aromatic rings. The summed E-state index contributed by atoms with van der Waals surface area (Å²) in [6.07, 6.45) is 1.15. The van der Waals surface area contributed by atoms with Crippen LogP contribution in [0, 0.1) is 13.8 Å². The van der Waals surface area contributed by atoms with E-state index in [0.717, 1.165) is 32.6 Å². The fraction of sp³-hybridized carbons (Fsp3) is 0.600. The Hall–Kier alpha value is -0.860. The van der Waals surface area contributed by atoms with Crippen molar-refractivity contribution in [2.75, 3.05) is 33.2 Å². The lowest BCUT2D eigenvalue weighted by Gasteiger charge is -2.17. The maximum absolute atomic E-state index is 3.35. The van der Waals surface area contributed by atoms with E-state index in [1.54, 1.807) is 0 Å². The minimum absolute atomic E-state index is 1.06. The van der Waals surface area contributed by atoms with Gasteiger partial charge in [-0.05, 0) is 45.0 Å². The normalized spacial score (nSPS) is 11.1. The lowest BCUT2D eigenvalue weighted by molar-refractivity contribution is 0.336. The molecule has 0 saturated heterocycles. The Balaban J connectivity index is 2.34. The minimum Gasteiger partial charge on any atom is -0.316 e. The van der Waals surface area contributed by atoms with E-state index in [1.807, 2.05) is 0 Å². The summed E-state index contributed by atoms with van der Waals surface area (Å²) in [5.41, 5.74) is 4.25. The fourth-order valence-corrected chi connectivity index (χ4v) is 2.00. The van der Waals surface area contributed by atoms with Crippen molar-refractivity contribution >= 4 is 0 Å². The number of benzene rings is 1. The molecule has 0 bridgehead atoms. The molecule has 2 nitrogen and oxygen atoms in total. The number of hydrogen-bond acceptors (Lipinski definition) is 2. The molecule has 0 fully saturated rings. The molecule has 0 radical (unpaired) electrons. The number of hydrogen-bond donors (Lipinski definition) is 1. The zero-order chi connectivity index (χ0) is 12.7. The first-order valence-electron chi connectivity index (χ1n) is 6.59. The van der Waals surface area contributed by atoms with Crippen LogP contribution in [-0.2, 0) is 6.42 Å². The Morgan fingerprint density at radius 3 is 2.59 bits per heavy atom. The molecule has 96 valence electrons. The van der Waals surface area contributed by atoms with Crippen LogP contribution < -0.4 is 5.32 Å². The largest absolute Gasteiger partial charge is 0.316 e. The van der Waals surface area contributed by atoms with E-state index in [-0.39, 0.29) is 0 Å². The first kappa shape index (κ1) is 14.2. The quantitative estimate of drug-likeness (QED) is 0.729. The standard InChI is InChI=1S/C15H26N2/c1-5-16-9-11-17(4)10-8-15-7-6-13(2)12-14(15)3/h6-7,12,16H,5,8-11H2,1-4H3. The summed E-state index contributed by atoms with van der Waals surface area (Å²) >= 11 is 0. The van der Waals surface area contributed by atoms with E-state index >= 15 is 0 Å². The highest BCUT2D eigenvalue weighted by Crippen LogP contribution is 2.11. The molecule has 0 heterocycles. The van der Waals surface area contributed by atoms with E-state index in [9.17, 15) is 0 Å². The van der Waals surface area contributed by atoms with Gasteiger partial charge >= 0.3 is 0 Å². The molecule has 2 heteroatoms. The van der Waals surface area contributed by atoms with Gasteiger partial charge in [0.15, 0.2) is 0 Å². The molecule has 1 N–H and O–H groups in total. The Morgan fingerprint density at radius 2 is 1.94 bits per heavy atom. The molecule has 0 aliphatic heterocycles. The Morgan fingerprint density at radius 1 is 1.18 bits per heavy atom. The number of aryl methyl sites for hydroxylation is 2. The van der Waals surface area contributed by atoms with E-state index in [0.29, 0.717) is 0 Å². The molecule has 0 saturated carbocycles. The highest BCUT2D eigenvalue weighted by molar-refractivity contribution is 5.30. The average molecular weight is 234 g/mol. The van der Waals surface area contributed by atoms with Gasteiger partial charge in [0.2, 0.25) is 0 Å². The van der Waals surface area contributed by atoms with Crippen molar-refractivity contribution in [3.63, 3.8) is 0 Å². The van der Waals surface area contributed by atoms with Gasteiger partial charge in [-0.1, -0.05) is 30.7 Å². The minimum atomic E-state index is 1.06. The van der Waals surface area contributed by atoms with Gasteiger partial charge in [0.25, 0.3) is 0 Å². The summed E-state index contributed by atoms with van der Waals surface area (Å²) in [6, 6.07) is 6.75. The molecule has 17 heavy (non-hydrogen) atoms. The van der Waals surface area contributed by atoms with Gasteiger partial charge in [0.1, 0.15) is 0 Å². The third kappa shape index (κ3) is 5.33. The van der Waals surface area contributed by atoms with Crippen LogP contribution >= 0.6 is 0 Å². The lowest BCUT2D eigenvalue weighted by atomic mass is 10.0. The van der Waals surface area contributed by atoms with Gasteiger partial charge in [-0.2, -0.15) is 0 Å². The number of likely N-dealkylation sites (N-methyl/N-ethyl adjacent to an activating group) is 2. The Kier molecular flexibility index (Phi) is 6.23. The zero-order valence-electron chi connectivity index (χ0n) is 11.7. The maximum atomic E-state index is 3.35. The lowest BCUT2D eigenvalue weighted by Crippen LogP contribution is -2.30. The highest BCUT2D eigenvalue weighted by Gasteiger charge is 2.01. The van der Waals surface area contributed by atoms with Gasteiger partial charge in [0, 0.05) is 19.6 Å². The predicted octanol–water partition coefficient (Wildman–Crippen LogP) is 2.39. The molecule has 0 aliphatic rings. The molecule has 1 aromatic carbocycles. The van der Waals surface area contributed by atoms with Crippen LogP contribution in [-0.4, -0.2) is 38.1 Å². The predicted molar refractivity (Wildman–Crippen MR) is 75.7 cm³/mol. The summed E-state index contributed by atoms with van der Waals surface area (Å²) < 4.78 is 0. The second-order valence-corrected chi connectivity index (χ2v) is 4.84. The van der Waals surface area contributed by atoms with Crippen molar-refractivity contribution in [3.05, 3.63) is 34.9 Å². The maximum Gasteiger partial charge on any atom is 0.0104 e. The molecule has 0 amide bonds. The van der Waals surface area contributed by atoms with Crippen LogP contribution in [0.25, 0.3) is 0 Å². The van der Waals surface area contributed by atoms with Crippen molar-refractivity contribution in [3.8, 4) is 0 Å². The molecule has 1 rings (SSSR count). The van der Waals surface area contributed by atoms with Crippen LogP contribution in [0.15, 0.2) is 18.2 Å². The van der Waals surface area contributed by atoms with Crippen molar-refractivity contribution in [2.24, 2.45) is 0 Å². The molecule has 0 aromatic heterocycles. The van der Waals surface area contributed by atoms with Crippen molar-refractivity contribution in [2.45, 2.75) is 27.2 Å². The van der Waals surface area contributed by atoms with Crippen molar-refractivity contribution < 1.29 is 0 Å². The third-order valence-electron chi connectivity index (χ3n) is 3.18. The van der Waals surface area contributed by atoms with E-state index in [1.165, 1.54) is 16.7 Å². The smallest absolute Gasteiger partial charge is 0.0104 e. The van der Waals surface area contributed by atoms with Crippen LogP contribution in [0.4, 0.5) is 0 Å². The molecular formula is C15H26N2.